The van der Waals surface area contributed by atoms with E-state index in [0.29, 0.717) is 5.69 Å². The molecule has 0 saturated heterocycles. The fourth-order valence-corrected chi connectivity index (χ4v) is 3.15. The molecule has 0 amide bonds. The average molecular weight is 402 g/mol. The number of nitrogens with zero attached hydrogens (tertiary/aromatic N) is 5. The Morgan fingerprint density at radius 3 is 2.57 bits per heavy atom. The molecule has 0 spiro atoms. The molecule has 0 fully saturated rings. The number of imidazole rings is 1. The zero-order valence-corrected chi connectivity index (χ0v) is 16.3. The predicted octanol–water partition coefficient (Wildman–Crippen LogP) is 3.80. The molecule has 0 radical (unpaired) electrons. The van der Waals surface area contributed by atoms with Crippen LogP contribution in [0.25, 0.3) is 5.69 Å². The van der Waals surface area contributed by atoms with Gasteiger partial charge in [-0.1, -0.05) is 18.2 Å². The lowest BCUT2D eigenvalue weighted by Crippen LogP contribution is -2.09. The van der Waals surface area contributed by atoms with Crippen LogP contribution in [0.5, 0.6) is 0 Å². The van der Waals surface area contributed by atoms with Gasteiger partial charge in [0, 0.05) is 31.1 Å². The Labute approximate surface area is 171 Å². The number of aromatic nitrogens is 4. The topological polar surface area (TPSA) is 108 Å². The van der Waals surface area contributed by atoms with E-state index in [0.717, 1.165) is 11.4 Å². The molecule has 0 aliphatic carbocycles. The number of nitrogens with one attached hydrogen (secondary N) is 1. The van der Waals surface area contributed by atoms with Crippen LogP contribution in [0, 0.1) is 17.0 Å². The number of nitro groups is 1. The maximum atomic E-state index is 12.6. The molecule has 0 unspecified atom stereocenters. The fraction of sp³-hybridized carbons (Fsp3) is 0.0952. The minimum absolute atomic E-state index is 0.193. The van der Waals surface area contributed by atoms with Gasteiger partial charge in [-0.25, -0.2) is 9.67 Å². The van der Waals surface area contributed by atoms with E-state index in [1.807, 2.05) is 37.3 Å². The van der Waals surface area contributed by atoms with E-state index in [9.17, 15) is 14.9 Å². The molecule has 4 aromatic rings. The quantitative estimate of drug-likeness (QED) is 0.299. The predicted molar refractivity (Wildman–Crippen MR) is 111 cm³/mol. The highest BCUT2D eigenvalue weighted by atomic mass is 16.6. The number of anilines is 2. The summed E-state index contributed by atoms with van der Waals surface area (Å²) in [5, 5.41) is 19.1. The van der Waals surface area contributed by atoms with Crippen LogP contribution in [0.4, 0.5) is 17.1 Å². The third-order valence-electron chi connectivity index (χ3n) is 4.76. The van der Waals surface area contributed by atoms with Gasteiger partial charge in [0.2, 0.25) is 5.78 Å². The van der Waals surface area contributed by atoms with Gasteiger partial charge in [-0.15, -0.1) is 0 Å². The van der Waals surface area contributed by atoms with Crippen LogP contribution in [-0.4, -0.2) is 30.0 Å². The summed E-state index contributed by atoms with van der Waals surface area (Å²) in [7, 11) is 1.69. The number of hydrogen-bond donors (Lipinski definition) is 1. The van der Waals surface area contributed by atoms with E-state index in [-0.39, 0.29) is 28.5 Å². The number of ketones is 1. The Bertz CT molecular complexity index is 1240. The normalized spacial score (nSPS) is 10.7. The van der Waals surface area contributed by atoms with E-state index >= 15 is 0 Å². The van der Waals surface area contributed by atoms with Crippen molar-refractivity contribution >= 4 is 22.8 Å². The summed E-state index contributed by atoms with van der Waals surface area (Å²) in [6.45, 7) is 1.87. The average Bonchev–Trinajstić information content (AvgIpc) is 3.34. The Kier molecular flexibility index (Phi) is 4.85. The summed E-state index contributed by atoms with van der Waals surface area (Å²) in [5.74, 6) is -0.171. The lowest BCUT2D eigenvalue weighted by atomic mass is 10.1. The first kappa shape index (κ1) is 19.1. The van der Waals surface area contributed by atoms with Gasteiger partial charge in [0.1, 0.15) is 5.69 Å². The lowest BCUT2D eigenvalue weighted by molar-refractivity contribution is -0.383. The highest BCUT2D eigenvalue weighted by Crippen LogP contribution is 2.31. The molecule has 2 heterocycles. The van der Waals surface area contributed by atoms with Crippen LogP contribution in [0.1, 0.15) is 21.9 Å². The summed E-state index contributed by atoms with van der Waals surface area (Å²) in [6, 6.07) is 13.9. The standard InChI is InChI=1S/C21H18N6O3/c1-14-18(13-23-26(14)16-6-4-3-5-7-16)24-17-9-8-15(12-19(17)27(29)30)20(28)21-22-10-11-25(21)2/h3-13,24H,1-2H3. The second-order valence-corrected chi connectivity index (χ2v) is 6.70. The lowest BCUT2D eigenvalue weighted by Gasteiger charge is -2.09. The summed E-state index contributed by atoms with van der Waals surface area (Å²) in [6.07, 6.45) is 4.76. The molecule has 150 valence electrons. The van der Waals surface area contributed by atoms with E-state index in [1.165, 1.54) is 18.3 Å². The maximum Gasteiger partial charge on any atom is 0.293 e. The fourth-order valence-electron chi connectivity index (χ4n) is 3.15. The number of carbonyl (C=O) groups is 1. The summed E-state index contributed by atoms with van der Waals surface area (Å²) < 4.78 is 3.31. The Hall–Kier alpha value is -4.27. The van der Waals surface area contributed by atoms with E-state index < -0.39 is 4.92 Å². The Morgan fingerprint density at radius 2 is 1.90 bits per heavy atom. The molecule has 0 aliphatic heterocycles. The van der Waals surface area contributed by atoms with Gasteiger partial charge in [0.25, 0.3) is 5.69 Å². The molecule has 9 heteroatoms. The second-order valence-electron chi connectivity index (χ2n) is 6.70. The van der Waals surface area contributed by atoms with Gasteiger partial charge in [0.15, 0.2) is 5.82 Å². The Morgan fingerprint density at radius 1 is 1.13 bits per heavy atom. The largest absolute Gasteiger partial charge is 0.347 e. The zero-order chi connectivity index (χ0) is 21.3. The van der Waals surface area contributed by atoms with Crippen LogP contribution in [-0.2, 0) is 7.05 Å². The molecule has 1 N–H and O–H groups in total. The van der Waals surface area contributed by atoms with Gasteiger partial charge in [0.05, 0.1) is 28.2 Å². The van der Waals surface area contributed by atoms with Crippen molar-refractivity contribution in [1.82, 2.24) is 19.3 Å². The van der Waals surface area contributed by atoms with Gasteiger partial charge in [-0.05, 0) is 31.2 Å². The molecule has 2 aromatic carbocycles. The second kappa shape index (κ2) is 7.63. The van der Waals surface area contributed by atoms with E-state index in [4.69, 9.17) is 0 Å². The van der Waals surface area contributed by atoms with Crippen LogP contribution in [0.15, 0.2) is 67.1 Å². The van der Waals surface area contributed by atoms with Crippen LogP contribution < -0.4 is 5.32 Å². The van der Waals surface area contributed by atoms with Crippen molar-refractivity contribution < 1.29 is 9.72 Å². The maximum absolute atomic E-state index is 12.6. The molecule has 0 bridgehead atoms. The monoisotopic (exact) mass is 402 g/mol. The first-order valence-corrected chi connectivity index (χ1v) is 9.13. The molecular weight excluding hydrogens is 384 g/mol. The molecule has 9 nitrogen and oxygen atoms in total. The van der Waals surface area contributed by atoms with Crippen molar-refractivity contribution in [3.63, 3.8) is 0 Å². The molecule has 30 heavy (non-hydrogen) atoms. The van der Waals surface area contributed by atoms with Crippen molar-refractivity contribution in [1.29, 1.82) is 0 Å². The number of benzene rings is 2. The smallest absolute Gasteiger partial charge is 0.293 e. The third kappa shape index (κ3) is 3.44. The summed E-state index contributed by atoms with van der Waals surface area (Å²) in [5.41, 5.74) is 2.56. The number of rotatable bonds is 6. The number of aryl methyl sites for hydroxylation is 1. The molecule has 4 rings (SSSR count). The van der Waals surface area contributed by atoms with Crippen molar-refractivity contribution in [2.24, 2.45) is 7.05 Å². The van der Waals surface area contributed by atoms with Crippen molar-refractivity contribution in [2.45, 2.75) is 6.92 Å². The summed E-state index contributed by atoms with van der Waals surface area (Å²) >= 11 is 0. The molecule has 0 atom stereocenters. The van der Waals surface area contributed by atoms with Crippen molar-refractivity contribution in [2.75, 3.05) is 5.32 Å². The minimum atomic E-state index is -0.519. The highest BCUT2D eigenvalue weighted by molar-refractivity contribution is 6.07. The molecular formula is C21H18N6O3. The van der Waals surface area contributed by atoms with Crippen molar-refractivity contribution in [3.8, 4) is 5.69 Å². The third-order valence-corrected chi connectivity index (χ3v) is 4.76. The van der Waals surface area contributed by atoms with Gasteiger partial charge < -0.3 is 9.88 Å². The van der Waals surface area contributed by atoms with Crippen molar-refractivity contribution in [3.05, 3.63) is 94.3 Å². The van der Waals surface area contributed by atoms with Gasteiger partial charge >= 0.3 is 0 Å². The van der Waals surface area contributed by atoms with Gasteiger partial charge in [-0.3, -0.25) is 14.9 Å². The zero-order valence-electron chi connectivity index (χ0n) is 16.3. The number of carbonyl (C=O) groups excluding carboxylic acids is 1. The minimum Gasteiger partial charge on any atom is -0.347 e. The van der Waals surface area contributed by atoms with E-state index in [2.05, 4.69) is 15.4 Å². The number of nitro benzene ring substituents is 1. The molecule has 2 aromatic heterocycles. The molecule has 0 aliphatic rings. The van der Waals surface area contributed by atoms with Crippen LogP contribution in [0.2, 0.25) is 0 Å². The highest BCUT2D eigenvalue weighted by Gasteiger charge is 2.21. The first-order valence-electron chi connectivity index (χ1n) is 9.13. The van der Waals surface area contributed by atoms with Crippen LogP contribution >= 0.6 is 0 Å². The Balaban J connectivity index is 1.67. The van der Waals surface area contributed by atoms with Crippen LogP contribution in [0.3, 0.4) is 0 Å². The first-order chi connectivity index (χ1) is 14.5. The van der Waals surface area contributed by atoms with Gasteiger partial charge in [-0.2, -0.15) is 5.10 Å². The number of hydrogen-bond acceptors (Lipinski definition) is 6. The summed E-state index contributed by atoms with van der Waals surface area (Å²) in [4.78, 5) is 27.8. The molecule has 0 saturated carbocycles. The van der Waals surface area contributed by atoms with E-state index in [1.54, 1.807) is 34.8 Å². The SMILES string of the molecule is Cc1c(Nc2ccc(C(=O)c3nccn3C)cc2[N+](=O)[O-])cnn1-c1ccccc1. The number of para-hydroxylation sites is 1.